The standard InChI is InChI=1S/C23H31ClO5/c1-23(2,18-8-11-21(12-9-18)28-15-19(26)13-24)17-5-4-6-20(10-7-17)29-16-22(14-25)27-3/h5-12,19,22,25-26H,4,13-16H2,1-3H3. The highest BCUT2D eigenvalue weighted by Crippen LogP contribution is 2.34. The lowest BCUT2D eigenvalue weighted by Crippen LogP contribution is -2.22. The van der Waals surface area contributed by atoms with E-state index in [1.54, 1.807) is 7.11 Å². The zero-order valence-corrected chi connectivity index (χ0v) is 18.1. The average molecular weight is 423 g/mol. The van der Waals surface area contributed by atoms with Crippen LogP contribution in [-0.2, 0) is 14.9 Å². The van der Waals surface area contributed by atoms with Gasteiger partial charge in [-0.1, -0.05) is 38.1 Å². The average Bonchev–Trinajstić information content (AvgIpc) is 2.99. The molecule has 0 aromatic heterocycles. The number of benzene rings is 1. The second-order valence-electron chi connectivity index (χ2n) is 7.45. The van der Waals surface area contributed by atoms with E-state index in [0.29, 0.717) is 12.4 Å². The SMILES string of the molecule is COC(CO)COC1=CCC=C(C(C)(C)c2ccc(OCC(O)CCl)cc2)C=C1. The lowest BCUT2D eigenvalue weighted by molar-refractivity contribution is 0.000361. The lowest BCUT2D eigenvalue weighted by Gasteiger charge is -2.27. The second kappa shape index (κ2) is 11.4. The quantitative estimate of drug-likeness (QED) is 0.532. The van der Waals surface area contributed by atoms with Gasteiger partial charge in [-0.3, -0.25) is 0 Å². The van der Waals surface area contributed by atoms with Crippen molar-refractivity contribution in [1.82, 2.24) is 0 Å². The minimum Gasteiger partial charge on any atom is -0.491 e. The molecule has 2 N–H and O–H groups in total. The third-order valence-corrected chi connectivity index (χ3v) is 5.33. The van der Waals surface area contributed by atoms with Gasteiger partial charge in [-0.15, -0.1) is 11.6 Å². The summed E-state index contributed by atoms with van der Waals surface area (Å²) in [6, 6.07) is 7.89. The van der Waals surface area contributed by atoms with Crippen LogP contribution in [0.5, 0.6) is 5.75 Å². The van der Waals surface area contributed by atoms with Gasteiger partial charge in [0.05, 0.1) is 12.5 Å². The van der Waals surface area contributed by atoms with Crippen LogP contribution in [0.2, 0.25) is 0 Å². The molecule has 1 aliphatic rings. The van der Waals surface area contributed by atoms with Gasteiger partial charge in [-0.2, -0.15) is 0 Å². The Labute approximate surface area is 178 Å². The van der Waals surface area contributed by atoms with Crippen LogP contribution >= 0.6 is 11.6 Å². The van der Waals surface area contributed by atoms with Crippen LogP contribution in [0, 0.1) is 0 Å². The van der Waals surface area contributed by atoms with E-state index in [4.69, 9.17) is 25.8 Å². The first-order valence-electron chi connectivity index (χ1n) is 9.73. The lowest BCUT2D eigenvalue weighted by atomic mass is 9.77. The molecular weight excluding hydrogens is 392 g/mol. The van der Waals surface area contributed by atoms with Crippen molar-refractivity contribution in [3.05, 3.63) is 65.5 Å². The molecule has 0 saturated carbocycles. The number of alkyl halides is 1. The van der Waals surface area contributed by atoms with Crippen LogP contribution in [0.4, 0.5) is 0 Å². The van der Waals surface area contributed by atoms with E-state index in [0.717, 1.165) is 17.7 Å². The number of aliphatic hydroxyl groups is 2. The summed E-state index contributed by atoms with van der Waals surface area (Å²) in [4.78, 5) is 0. The summed E-state index contributed by atoms with van der Waals surface area (Å²) >= 11 is 5.59. The molecule has 0 saturated heterocycles. The summed E-state index contributed by atoms with van der Waals surface area (Å²) in [6.07, 6.45) is 7.99. The van der Waals surface area contributed by atoms with E-state index in [1.807, 2.05) is 36.4 Å². The van der Waals surface area contributed by atoms with Crippen molar-refractivity contribution in [1.29, 1.82) is 0 Å². The molecule has 0 amide bonds. The van der Waals surface area contributed by atoms with Gasteiger partial charge >= 0.3 is 0 Å². The van der Waals surface area contributed by atoms with E-state index in [-0.39, 0.29) is 30.6 Å². The number of allylic oxidation sites excluding steroid dienone is 5. The second-order valence-corrected chi connectivity index (χ2v) is 7.76. The Hall–Kier alpha value is -1.79. The minimum absolute atomic E-state index is 0.0748. The highest BCUT2D eigenvalue weighted by molar-refractivity contribution is 6.18. The smallest absolute Gasteiger partial charge is 0.119 e. The van der Waals surface area contributed by atoms with Gasteiger partial charge in [0, 0.05) is 12.5 Å². The van der Waals surface area contributed by atoms with Gasteiger partial charge in [-0.05, 0) is 41.8 Å². The molecule has 2 unspecified atom stereocenters. The number of hydrogen-bond acceptors (Lipinski definition) is 5. The molecule has 0 fully saturated rings. The molecule has 2 rings (SSSR count). The molecule has 6 heteroatoms. The minimum atomic E-state index is -0.672. The van der Waals surface area contributed by atoms with Gasteiger partial charge in [0.2, 0.25) is 0 Å². The largest absolute Gasteiger partial charge is 0.491 e. The Balaban J connectivity index is 2.01. The van der Waals surface area contributed by atoms with Gasteiger partial charge in [0.15, 0.2) is 0 Å². The van der Waals surface area contributed by atoms with Crippen LogP contribution in [0.25, 0.3) is 0 Å². The summed E-state index contributed by atoms with van der Waals surface area (Å²) in [7, 11) is 1.56. The molecule has 0 aliphatic heterocycles. The molecule has 0 heterocycles. The maximum absolute atomic E-state index is 9.51. The fourth-order valence-corrected chi connectivity index (χ4v) is 3.03. The van der Waals surface area contributed by atoms with Crippen molar-refractivity contribution in [2.24, 2.45) is 0 Å². The summed E-state index contributed by atoms with van der Waals surface area (Å²) in [6.45, 7) is 4.76. The molecule has 0 bridgehead atoms. The topological polar surface area (TPSA) is 68.2 Å². The van der Waals surface area contributed by atoms with Gasteiger partial charge in [0.25, 0.3) is 0 Å². The molecule has 1 aromatic carbocycles. The molecule has 29 heavy (non-hydrogen) atoms. The fourth-order valence-electron chi connectivity index (χ4n) is 2.94. The summed E-state index contributed by atoms with van der Waals surface area (Å²) in [5.41, 5.74) is 2.14. The number of ether oxygens (including phenoxy) is 3. The third kappa shape index (κ3) is 6.89. The van der Waals surface area contributed by atoms with Crippen molar-refractivity contribution in [2.45, 2.75) is 37.9 Å². The van der Waals surface area contributed by atoms with Crippen molar-refractivity contribution >= 4 is 11.6 Å². The number of rotatable bonds is 11. The number of hydrogen-bond donors (Lipinski definition) is 2. The molecule has 5 nitrogen and oxygen atoms in total. The van der Waals surface area contributed by atoms with Gasteiger partial charge in [0.1, 0.15) is 36.9 Å². The zero-order valence-electron chi connectivity index (χ0n) is 17.3. The van der Waals surface area contributed by atoms with Crippen molar-refractivity contribution in [3.8, 4) is 5.75 Å². The Morgan fingerprint density at radius 3 is 2.41 bits per heavy atom. The zero-order chi connectivity index (χ0) is 21.3. The van der Waals surface area contributed by atoms with E-state index < -0.39 is 6.10 Å². The molecule has 1 aliphatic carbocycles. The normalized spacial score (nSPS) is 16.5. The highest BCUT2D eigenvalue weighted by Gasteiger charge is 2.24. The van der Waals surface area contributed by atoms with Crippen LogP contribution in [-0.4, -0.2) is 55.2 Å². The van der Waals surface area contributed by atoms with Crippen LogP contribution in [0.15, 0.2) is 59.9 Å². The number of halogens is 1. The molecule has 160 valence electrons. The van der Waals surface area contributed by atoms with E-state index in [1.165, 1.54) is 5.57 Å². The maximum atomic E-state index is 9.51. The van der Waals surface area contributed by atoms with Crippen LogP contribution in [0.3, 0.4) is 0 Å². The summed E-state index contributed by atoms with van der Waals surface area (Å²) in [5, 5.41) is 18.7. The van der Waals surface area contributed by atoms with E-state index in [9.17, 15) is 10.2 Å². The number of aliphatic hydroxyl groups excluding tert-OH is 2. The van der Waals surface area contributed by atoms with Crippen molar-refractivity contribution < 1.29 is 24.4 Å². The molecular formula is C23H31ClO5. The summed E-state index contributed by atoms with van der Waals surface area (Å²) < 4.78 is 16.4. The van der Waals surface area contributed by atoms with E-state index in [2.05, 4.69) is 26.0 Å². The Bertz CT molecular complexity index is 717. The van der Waals surface area contributed by atoms with Crippen molar-refractivity contribution in [2.75, 3.05) is 32.8 Å². The Morgan fingerprint density at radius 1 is 1.07 bits per heavy atom. The predicted octanol–water partition coefficient (Wildman–Crippen LogP) is 3.74. The van der Waals surface area contributed by atoms with Crippen molar-refractivity contribution in [3.63, 3.8) is 0 Å². The molecule has 2 atom stereocenters. The maximum Gasteiger partial charge on any atom is 0.119 e. The van der Waals surface area contributed by atoms with E-state index >= 15 is 0 Å². The molecule has 1 aromatic rings. The van der Waals surface area contributed by atoms with Crippen LogP contribution in [0.1, 0.15) is 25.8 Å². The Kier molecular flexibility index (Phi) is 9.24. The first-order valence-corrected chi connectivity index (χ1v) is 10.3. The molecule has 0 spiro atoms. The molecule has 0 radical (unpaired) electrons. The summed E-state index contributed by atoms with van der Waals surface area (Å²) in [5.74, 6) is 1.62. The number of methoxy groups -OCH3 is 1. The fraction of sp³-hybridized carbons (Fsp3) is 0.478. The predicted molar refractivity (Wildman–Crippen MR) is 115 cm³/mol. The third-order valence-electron chi connectivity index (χ3n) is 4.98. The first kappa shape index (κ1) is 23.5. The highest BCUT2D eigenvalue weighted by atomic mass is 35.5. The van der Waals surface area contributed by atoms with Gasteiger partial charge < -0.3 is 24.4 Å². The Morgan fingerprint density at radius 2 is 1.79 bits per heavy atom. The first-order chi connectivity index (χ1) is 13.9. The monoisotopic (exact) mass is 422 g/mol. The van der Waals surface area contributed by atoms with Gasteiger partial charge in [-0.25, -0.2) is 0 Å². The van der Waals surface area contributed by atoms with Crippen LogP contribution < -0.4 is 4.74 Å².